The molecule has 2 heteroatoms. The summed E-state index contributed by atoms with van der Waals surface area (Å²) >= 11 is 0. The lowest BCUT2D eigenvalue weighted by molar-refractivity contribution is 0.192. The Labute approximate surface area is 112 Å². The molecule has 0 aliphatic rings. The summed E-state index contributed by atoms with van der Waals surface area (Å²) in [6, 6.07) is 7.30. The second-order valence-corrected chi connectivity index (χ2v) is 5.34. The van der Waals surface area contributed by atoms with E-state index in [9.17, 15) is 0 Å². The van der Waals surface area contributed by atoms with E-state index in [-0.39, 0.29) is 0 Å². The molecule has 0 fully saturated rings. The third-order valence-corrected chi connectivity index (χ3v) is 3.76. The fourth-order valence-electron chi connectivity index (χ4n) is 2.07. The van der Waals surface area contributed by atoms with Crippen LogP contribution in [0.25, 0.3) is 0 Å². The Balaban J connectivity index is 2.47. The van der Waals surface area contributed by atoms with Crippen LogP contribution in [-0.2, 0) is 11.2 Å². The normalized spacial score (nSPS) is 14.5. The molecule has 1 aromatic carbocycles. The van der Waals surface area contributed by atoms with Gasteiger partial charge in [0.05, 0.1) is 6.61 Å². The van der Waals surface area contributed by atoms with Gasteiger partial charge in [-0.1, -0.05) is 25.1 Å². The van der Waals surface area contributed by atoms with Crippen LogP contribution in [0, 0.1) is 19.8 Å². The van der Waals surface area contributed by atoms with Gasteiger partial charge < -0.3 is 10.1 Å². The Kier molecular flexibility index (Phi) is 6.37. The van der Waals surface area contributed by atoms with Gasteiger partial charge in [0, 0.05) is 19.7 Å². The third kappa shape index (κ3) is 4.79. The fraction of sp³-hybridized carbons (Fsp3) is 0.625. The molecule has 0 spiro atoms. The van der Waals surface area contributed by atoms with Crippen molar-refractivity contribution < 1.29 is 4.74 Å². The molecule has 0 amide bonds. The highest BCUT2D eigenvalue weighted by Crippen LogP contribution is 2.15. The molecule has 18 heavy (non-hydrogen) atoms. The lowest BCUT2D eigenvalue weighted by atomic mass is 9.93. The van der Waals surface area contributed by atoms with Crippen LogP contribution in [0.5, 0.6) is 0 Å². The Hall–Kier alpha value is -0.860. The smallest absolute Gasteiger partial charge is 0.0587 e. The fourth-order valence-corrected chi connectivity index (χ4v) is 2.07. The van der Waals surface area contributed by atoms with E-state index < -0.39 is 0 Å². The largest absolute Gasteiger partial charge is 0.383 e. The molecule has 0 saturated heterocycles. The minimum absolute atomic E-state index is 0.516. The molecule has 0 radical (unpaired) electrons. The van der Waals surface area contributed by atoms with Gasteiger partial charge in [-0.15, -0.1) is 0 Å². The summed E-state index contributed by atoms with van der Waals surface area (Å²) in [5.41, 5.74) is 4.20. The molecule has 0 aliphatic heterocycles. The van der Waals surface area contributed by atoms with Crippen molar-refractivity contribution in [2.24, 2.45) is 5.92 Å². The van der Waals surface area contributed by atoms with Crippen molar-refractivity contribution in [3.8, 4) is 0 Å². The van der Waals surface area contributed by atoms with Gasteiger partial charge in [-0.3, -0.25) is 0 Å². The van der Waals surface area contributed by atoms with E-state index in [1.165, 1.54) is 16.7 Å². The molecule has 0 bridgehead atoms. The van der Waals surface area contributed by atoms with E-state index in [4.69, 9.17) is 4.74 Å². The molecule has 0 aromatic heterocycles. The van der Waals surface area contributed by atoms with Gasteiger partial charge in [-0.25, -0.2) is 0 Å². The first-order chi connectivity index (χ1) is 8.54. The van der Waals surface area contributed by atoms with Gasteiger partial charge in [0.2, 0.25) is 0 Å². The molecule has 1 rings (SSSR count). The second kappa shape index (κ2) is 7.55. The first-order valence-corrected chi connectivity index (χ1v) is 6.83. The average molecular weight is 249 g/mol. The maximum Gasteiger partial charge on any atom is 0.0587 e. The molecule has 2 nitrogen and oxygen atoms in total. The van der Waals surface area contributed by atoms with Gasteiger partial charge in [0.15, 0.2) is 0 Å². The summed E-state index contributed by atoms with van der Waals surface area (Å²) in [5, 5.41) is 3.50. The highest BCUT2D eigenvalue weighted by Gasteiger charge is 2.12. The predicted octanol–water partition coefficient (Wildman–Crippen LogP) is 3.11. The minimum Gasteiger partial charge on any atom is -0.383 e. The first-order valence-electron chi connectivity index (χ1n) is 6.83. The Morgan fingerprint density at radius 1 is 1.17 bits per heavy atom. The number of aryl methyl sites for hydroxylation is 2. The Morgan fingerprint density at radius 3 is 2.50 bits per heavy atom. The maximum atomic E-state index is 5.06. The number of methoxy groups -OCH3 is 1. The maximum absolute atomic E-state index is 5.06. The molecular weight excluding hydrogens is 222 g/mol. The van der Waals surface area contributed by atoms with E-state index in [0.717, 1.165) is 19.6 Å². The Morgan fingerprint density at radius 2 is 1.89 bits per heavy atom. The zero-order valence-corrected chi connectivity index (χ0v) is 12.4. The van der Waals surface area contributed by atoms with Crippen LogP contribution in [0.3, 0.4) is 0 Å². The predicted molar refractivity (Wildman–Crippen MR) is 78.1 cm³/mol. The van der Waals surface area contributed by atoms with Gasteiger partial charge in [-0.2, -0.15) is 0 Å². The Bertz CT molecular complexity index is 362. The van der Waals surface area contributed by atoms with Gasteiger partial charge >= 0.3 is 0 Å². The minimum atomic E-state index is 0.516. The van der Waals surface area contributed by atoms with Crippen molar-refractivity contribution in [2.45, 2.75) is 40.2 Å². The molecule has 0 heterocycles. The molecule has 0 aliphatic carbocycles. The monoisotopic (exact) mass is 249 g/mol. The first kappa shape index (κ1) is 15.2. The van der Waals surface area contributed by atoms with Gasteiger partial charge in [-0.05, 0) is 49.8 Å². The van der Waals surface area contributed by atoms with Crippen LogP contribution in [0.4, 0.5) is 0 Å². The van der Waals surface area contributed by atoms with Crippen LogP contribution in [0.1, 0.15) is 30.5 Å². The van der Waals surface area contributed by atoms with Crippen LogP contribution in [0.15, 0.2) is 18.2 Å². The summed E-state index contributed by atoms with van der Waals surface area (Å²) in [7, 11) is 1.74. The summed E-state index contributed by atoms with van der Waals surface area (Å²) < 4.78 is 5.06. The molecule has 1 aromatic rings. The zero-order valence-electron chi connectivity index (χ0n) is 12.4. The molecule has 2 unspecified atom stereocenters. The quantitative estimate of drug-likeness (QED) is 0.750. The van der Waals surface area contributed by atoms with Gasteiger partial charge in [0.25, 0.3) is 0 Å². The molecular formula is C16H27NO. The number of nitrogens with one attached hydrogen (secondary N) is 1. The molecule has 2 atom stereocenters. The van der Waals surface area contributed by atoms with Crippen molar-refractivity contribution in [2.75, 3.05) is 20.3 Å². The standard InChI is InChI=1S/C16H27NO/c1-12-6-7-16(10-13(12)2)11-14(3)15(4)17-8-9-18-5/h6-7,10,14-15,17H,8-9,11H2,1-5H3. The molecule has 0 saturated carbocycles. The summed E-state index contributed by atoms with van der Waals surface area (Å²) in [5.74, 6) is 0.629. The zero-order chi connectivity index (χ0) is 13.5. The van der Waals surface area contributed by atoms with E-state index in [2.05, 4.69) is 51.2 Å². The summed E-state index contributed by atoms with van der Waals surface area (Å²) in [6.07, 6.45) is 1.13. The van der Waals surface area contributed by atoms with E-state index in [0.29, 0.717) is 12.0 Å². The average Bonchev–Trinajstić information content (AvgIpc) is 2.34. The van der Waals surface area contributed by atoms with Crippen molar-refractivity contribution in [1.29, 1.82) is 0 Å². The van der Waals surface area contributed by atoms with E-state index in [1.54, 1.807) is 7.11 Å². The lowest BCUT2D eigenvalue weighted by Gasteiger charge is -2.21. The number of benzene rings is 1. The van der Waals surface area contributed by atoms with Crippen LogP contribution < -0.4 is 5.32 Å². The number of ether oxygens (including phenoxy) is 1. The van der Waals surface area contributed by atoms with Crippen molar-refractivity contribution in [3.05, 3.63) is 34.9 Å². The van der Waals surface area contributed by atoms with Gasteiger partial charge in [0.1, 0.15) is 0 Å². The lowest BCUT2D eigenvalue weighted by Crippen LogP contribution is -2.35. The van der Waals surface area contributed by atoms with E-state index >= 15 is 0 Å². The number of hydrogen-bond donors (Lipinski definition) is 1. The number of rotatable bonds is 7. The molecule has 1 N–H and O–H groups in total. The van der Waals surface area contributed by atoms with Crippen molar-refractivity contribution in [1.82, 2.24) is 5.32 Å². The highest BCUT2D eigenvalue weighted by molar-refractivity contribution is 5.30. The number of hydrogen-bond acceptors (Lipinski definition) is 2. The van der Waals surface area contributed by atoms with Crippen molar-refractivity contribution >= 4 is 0 Å². The van der Waals surface area contributed by atoms with Crippen LogP contribution >= 0.6 is 0 Å². The molecule has 102 valence electrons. The second-order valence-electron chi connectivity index (χ2n) is 5.34. The SMILES string of the molecule is COCCNC(C)C(C)Cc1ccc(C)c(C)c1. The van der Waals surface area contributed by atoms with Crippen LogP contribution in [0.2, 0.25) is 0 Å². The highest BCUT2D eigenvalue weighted by atomic mass is 16.5. The summed E-state index contributed by atoms with van der Waals surface area (Å²) in [4.78, 5) is 0. The van der Waals surface area contributed by atoms with Crippen molar-refractivity contribution in [3.63, 3.8) is 0 Å². The van der Waals surface area contributed by atoms with Crippen LogP contribution in [-0.4, -0.2) is 26.3 Å². The topological polar surface area (TPSA) is 21.3 Å². The third-order valence-electron chi connectivity index (χ3n) is 3.76. The van der Waals surface area contributed by atoms with E-state index in [1.807, 2.05) is 0 Å². The summed E-state index contributed by atoms with van der Waals surface area (Å²) in [6.45, 7) is 10.6.